The highest BCUT2D eigenvalue weighted by molar-refractivity contribution is 5.82. The van der Waals surface area contributed by atoms with E-state index in [1.807, 2.05) is 13.8 Å². The van der Waals surface area contributed by atoms with Gasteiger partial charge in [-0.2, -0.15) is 0 Å². The maximum absolute atomic E-state index is 12.4. The lowest BCUT2D eigenvalue weighted by Gasteiger charge is -2.44. The monoisotopic (exact) mass is 341 g/mol. The maximum Gasteiger partial charge on any atom is 0.307 e. The summed E-state index contributed by atoms with van der Waals surface area (Å²) in [6.07, 6.45) is 5.03. The van der Waals surface area contributed by atoms with Crippen molar-refractivity contribution >= 4 is 11.9 Å². The van der Waals surface area contributed by atoms with Gasteiger partial charge in [0.2, 0.25) is 5.91 Å². The van der Waals surface area contributed by atoms with E-state index in [0.29, 0.717) is 6.61 Å². The van der Waals surface area contributed by atoms with Crippen LogP contribution in [0.3, 0.4) is 0 Å². The fraction of sp³-hybridized carbons (Fsp3) is 0.889. The Morgan fingerprint density at radius 2 is 1.79 bits per heavy atom. The molecule has 1 saturated carbocycles. The van der Waals surface area contributed by atoms with Crippen molar-refractivity contribution in [1.82, 2.24) is 5.32 Å². The van der Waals surface area contributed by atoms with Crippen LogP contribution in [0.25, 0.3) is 0 Å². The van der Waals surface area contributed by atoms with Gasteiger partial charge in [0.15, 0.2) is 5.79 Å². The van der Waals surface area contributed by atoms with Gasteiger partial charge in [-0.15, -0.1) is 0 Å². The summed E-state index contributed by atoms with van der Waals surface area (Å²) >= 11 is 0. The van der Waals surface area contributed by atoms with Crippen molar-refractivity contribution in [2.75, 3.05) is 13.2 Å². The number of nitrogens with one attached hydrogen (secondary N) is 1. The molecule has 2 aliphatic rings. The first-order valence-corrected chi connectivity index (χ1v) is 8.99. The van der Waals surface area contributed by atoms with E-state index >= 15 is 0 Å². The Morgan fingerprint density at radius 3 is 2.46 bits per heavy atom. The molecule has 2 fully saturated rings. The molecule has 6 nitrogen and oxygen atoms in total. The third-order valence-electron chi connectivity index (χ3n) is 4.62. The Kier molecular flexibility index (Phi) is 6.26. The van der Waals surface area contributed by atoms with E-state index < -0.39 is 17.3 Å². The molecule has 6 heteroatoms. The highest BCUT2D eigenvalue weighted by Crippen LogP contribution is 2.34. The number of rotatable bonds is 5. The Morgan fingerprint density at radius 1 is 1.12 bits per heavy atom. The Balaban J connectivity index is 1.74. The first kappa shape index (κ1) is 19.2. The summed E-state index contributed by atoms with van der Waals surface area (Å²) in [5.74, 6) is -1.23. The van der Waals surface area contributed by atoms with Gasteiger partial charge >= 0.3 is 5.97 Å². The van der Waals surface area contributed by atoms with Gasteiger partial charge < -0.3 is 19.5 Å². The highest BCUT2D eigenvalue weighted by Gasteiger charge is 2.45. The van der Waals surface area contributed by atoms with Crippen LogP contribution < -0.4 is 5.32 Å². The predicted molar refractivity (Wildman–Crippen MR) is 89.3 cm³/mol. The third kappa shape index (κ3) is 5.45. The fourth-order valence-corrected chi connectivity index (χ4v) is 3.13. The van der Waals surface area contributed by atoms with Crippen LogP contribution in [0.2, 0.25) is 0 Å². The topological polar surface area (TPSA) is 73.9 Å². The van der Waals surface area contributed by atoms with Crippen molar-refractivity contribution in [1.29, 1.82) is 0 Å². The molecule has 1 heterocycles. The van der Waals surface area contributed by atoms with Gasteiger partial charge in [0, 0.05) is 12.0 Å². The smallest absolute Gasteiger partial charge is 0.307 e. The average molecular weight is 341 g/mol. The zero-order valence-electron chi connectivity index (χ0n) is 15.4. The van der Waals surface area contributed by atoms with Crippen LogP contribution in [0.15, 0.2) is 0 Å². The van der Waals surface area contributed by atoms with E-state index in [1.165, 1.54) is 6.42 Å². The van der Waals surface area contributed by atoms with Crippen LogP contribution >= 0.6 is 0 Å². The molecular weight excluding hydrogens is 310 g/mol. The van der Waals surface area contributed by atoms with Crippen LogP contribution in [0.4, 0.5) is 0 Å². The molecule has 1 atom stereocenters. The van der Waals surface area contributed by atoms with Gasteiger partial charge in [0.1, 0.15) is 12.2 Å². The summed E-state index contributed by atoms with van der Waals surface area (Å²) in [5.41, 5.74) is -0.414. The lowest BCUT2D eigenvalue weighted by Crippen LogP contribution is -2.56. The number of carbonyl (C=O) groups is 2. The summed E-state index contributed by atoms with van der Waals surface area (Å²) in [7, 11) is 0. The van der Waals surface area contributed by atoms with Crippen molar-refractivity contribution in [2.24, 2.45) is 5.41 Å². The second-order valence-corrected chi connectivity index (χ2v) is 7.97. The maximum atomic E-state index is 12.4. The van der Waals surface area contributed by atoms with Crippen molar-refractivity contribution in [3.63, 3.8) is 0 Å². The summed E-state index contributed by atoms with van der Waals surface area (Å²) in [6.45, 7) is 8.17. The number of carbonyl (C=O) groups excluding carboxylic acids is 2. The molecule has 1 saturated heterocycles. The SMILES string of the molecule is CC1(C)OCC(C)(C)C(C(=O)NCCC(=O)OC2CCCCC2)O1. The van der Waals surface area contributed by atoms with Crippen molar-refractivity contribution in [3.8, 4) is 0 Å². The normalized spacial score (nSPS) is 26.6. The molecule has 0 spiro atoms. The molecule has 0 aromatic heterocycles. The Labute approximate surface area is 144 Å². The predicted octanol–water partition coefficient (Wildman–Crippen LogP) is 2.55. The molecule has 1 amide bonds. The summed E-state index contributed by atoms with van der Waals surface area (Å²) < 4.78 is 16.8. The van der Waals surface area contributed by atoms with E-state index in [0.717, 1.165) is 25.7 Å². The van der Waals surface area contributed by atoms with E-state index in [2.05, 4.69) is 5.32 Å². The van der Waals surface area contributed by atoms with E-state index in [-0.39, 0.29) is 30.9 Å². The second kappa shape index (κ2) is 7.83. The molecule has 1 unspecified atom stereocenters. The minimum absolute atomic E-state index is 0.0560. The zero-order chi connectivity index (χ0) is 17.8. The largest absolute Gasteiger partial charge is 0.462 e. The van der Waals surface area contributed by atoms with Crippen LogP contribution in [-0.2, 0) is 23.8 Å². The van der Waals surface area contributed by atoms with Gasteiger partial charge in [0.25, 0.3) is 0 Å². The number of ether oxygens (including phenoxy) is 3. The van der Waals surface area contributed by atoms with E-state index in [9.17, 15) is 9.59 Å². The number of hydrogen-bond donors (Lipinski definition) is 1. The van der Waals surface area contributed by atoms with Gasteiger partial charge in [-0.3, -0.25) is 9.59 Å². The van der Waals surface area contributed by atoms with Crippen LogP contribution in [0.1, 0.15) is 66.2 Å². The van der Waals surface area contributed by atoms with Gasteiger partial charge in [-0.25, -0.2) is 0 Å². The molecule has 0 aromatic carbocycles. The van der Waals surface area contributed by atoms with E-state index in [1.54, 1.807) is 13.8 Å². The number of amides is 1. The summed E-state index contributed by atoms with van der Waals surface area (Å²) in [4.78, 5) is 24.3. The van der Waals surface area contributed by atoms with Crippen molar-refractivity contribution < 1.29 is 23.8 Å². The first-order chi connectivity index (χ1) is 11.2. The van der Waals surface area contributed by atoms with Gasteiger partial charge in [0.05, 0.1) is 13.0 Å². The fourth-order valence-electron chi connectivity index (χ4n) is 3.13. The molecule has 1 N–H and O–H groups in total. The minimum atomic E-state index is -0.780. The first-order valence-electron chi connectivity index (χ1n) is 8.99. The number of esters is 1. The van der Waals surface area contributed by atoms with Crippen LogP contribution in [0.5, 0.6) is 0 Å². The van der Waals surface area contributed by atoms with Gasteiger partial charge in [-0.1, -0.05) is 20.3 Å². The Bertz CT molecular complexity index is 454. The molecular formula is C18H31NO5. The third-order valence-corrected chi connectivity index (χ3v) is 4.62. The summed E-state index contributed by atoms with van der Waals surface area (Å²) in [5, 5.41) is 2.79. The zero-order valence-corrected chi connectivity index (χ0v) is 15.4. The van der Waals surface area contributed by atoms with Crippen molar-refractivity contribution in [2.45, 2.75) is 84.2 Å². The average Bonchev–Trinajstić information content (AvgIpc) is 2.51. The minimum Gasteiger partial charge on any atom is -0.462 e. The molecule has 2 rings (SSSR count). The quantitative estimate of drug-likeness (QED) is 0.778. The van der Waals surface area contributed by atoms with Crippen LogP contribution in [-0.4, -0.2) is 43.0 Å². The lowest BCUT2D eigenvalue weighted by molar-refractivity contribution is -0.304. The standard InChI is InChI=1S/C18H31NO5/c1-17(2)12-22-18(3,4)24-15(17)16(21)19-11-10-14(20)23-13-8-6-5-7-9-13/h13,15H,5-12H2,1-4H3,(H,19,21). The highest BCUT2D eigenvalue weighted by atomic mass is 16.7. The molecule has 0 aromatic rings. The Hall–Kier alpha value is -1.14. The second-order valence-electron chi connectivity index (χ2n) is 7.97. The number of hydrogen-bond acceptors (Lipinski definition) is 5. The lowest BCUT2D eigenvalue weighted by atomic mass is 9.85. The summed E-state index contributed by atoms with van der Waals surface area (Å²) in [6, 6.07) is 0. The molecule has 0 radical (unpaired) electrons. The molecule has 1 aliphatic carbocycles. The molecule has 1 aliphatic heterocycles. The molecule has 24 heavy (non-hydrogen) atoms. The van der Waals surface area contributed by atoms with Crippen molar-refractivity contribution in [3.05, 3.63) is 0 Å². The molecule has 0 bridgehead atoms. The molecule has 138 valence electrons. The van der Waals surface area contributed by atoms with Crippen LogP contribution in [0, 0.1) is 5.41 Å². The van der Waals surface area contributed by atoms with E-state index in [4.69, 9.17) is 14.2 Å². The van der Waals surface area contributed by atoms with Gasteiger partial charge in [-0.05, 0) is 39.5 Å².